The summed E-state index contributed by atoms with van der Waals surface area (Å²) in [6.45, 7) is 1.98. The van der Waals surface area contributed by atoms with Gasteiger partial charge in [0.2, 0.25) is 0 Å². The minimum absolute atomic E-state index is 0.0437. The Balaban J connectivity index is 1.73. The van der Waals surface area contributed by atoms with Crippen molar-refractivity contribution in [2.24, 2.45) is 0 Å². The molecule has 9 heteroatoms. The molecule has 1 aliphatic rings. The van der Waals surface area contributed by atoms with E-state index >= 15 is 0 Å². The second kappa shape index (κ2) is 9.59. The van der Waals surface area contributed by atoms with Gasteiger partial charge in [-0.15, -0.1) is 0 Å². The summed E-state index contributed by atoms with van der Waals surface area (Å²) in [5.41, 5.74) is 2.67. The van der Waals surface area contributed by atoms with E-state index in [9.17, 15) is 14.7 Å². The maximum Gasteiger partial charge on any atom is 0.301 e. The number of amides is 1. The van der Waals surface area contributed by atoms with Gasteiger partial charge in [-0.25, -0.2) is 4.98 Å². The lowest BCUT2D eigenvalue weighted by Gasteiger charge is -2.23. The van der Waals surface area contributed by atoms with Gasteiger partial charge in [-0.3, -0.25) is 14.5 Å². The molecule has 0 aliphatic carbocycles. The normalized spacial score (nSPS) is 16.9. The van der Waals surface area contributed by atoms with E-state index in [-0.39, 0.29) is 11.3 Å². The van der Waals surface area contributed by atoms with Crippen LogP contribution in [0, 0.1) is 6.92 Å². The molecule has 1 saturated heterocycles. The van der Waals surface area contributed by atoms with Crippen molar-refractivity contribution in [2.45, 2.75) is 13.0 Å². The van der Waals surface area contributed by atoms with E-state index in [0.717, 1.165) is 10.3 Å². The zero-order valence-corrected chi connectivity index (χ0v) is 21.5. The Morgan fingerprint density at radius 2 is 1.65 bits per heavy atom. The van der Waals surface area contributed by atoms with Gasteiger partial charge in [-0.2, -0.15) is 0 Å². The monoisotopic (exact) mass is 516 g/mol. The number of aliphatic hydroxyl groups is 1. The maximum atomic E-state index is 13.5. The SMILES string of the molecule is COc1ccc(/C(O)=C2\C(=O)C(=O)N(c3nc4ccc(C)cc4s3)C2c2ccc(OC)c(OC)c2)cc1. The number of carbonyl (C=O) groups is 2. The zero-order chi connectivity index (χ0) is 26.3. The van der Waals surface area contributed by atoms with Crippen molar-refractivity contribution in [1.29, 1.82) is 0 Å². The summed E-state index contributed by atoms with van der Waals surface area (Å²) < 4.78 is 16.9. The third kappa shape index (κ3) is 4.17. The Morgan fingerprint density at radius 1 is 0.919 bits per heavy atom. The third-order valence-electron chi connectivity index (χ3n) is 6.27. The first kappa shape index (κ1) is 24.3. The van der Waals surface area contributed by atoms with Crippen LogP contribution in [0.3, 0.4) is 0 Å². The standard InChI is InChI=1S/C28H24N2O6S/c1-15-5-11-19-22(13-15)37-28(29-19)30-24(17-8-12-20(35-3)21(14-17)36-4)23(26(32)27(30)33)25(31)16-6-9-18(34-2)10-7-16/h5-14,24,31H,1-4H3/b25-23+. The largest absolute Gasteiger partial charge is 0.507 e. The number of ether oxygens (including phenoxy) is 3. The van der Waals surface area contributed by atoms with Crippen molar-refractivity contribution < 1.29 is 28.9 Å². The molecular weight excluding hydrogens is 492 g/mol. The number of thiazole rings is 1. The minimum Gasteiger partial charge on any atom is -0.507 e. The van der Waals surface area contributed by atoms with Gasteiger partial charge >= 0.3 is 5.91 Å². The fourth-order valence-corrected chi connectivity index (χ4v) is 5.49. The molecule has 0 radical (unpaired) electrons. The van der Waals surface area contributed by atoms with Crippen molar-refractivity contribution in [1.82, 2.24) is 4.98 Å². The van der Waals surface area contributed by atoms with Gasteiger partial charge < -0.3 is 19.3 Å². The van der Waals surface area contributed by atoms with Crippen LogP contribution >= 0.6 is 11.3 Å². The van der Waals surface area contributed by atoms with Crippen molar-refractivity contribution in [2.75, 3.05) is 26.2 Å². The second-order valence-corrected chi connectivity index (χ2v) is 9.49. The number of Topliss-reactive ketones (excluding diaryl/α,β-unsaturated/α-hetero) is 1. The molecule has 2 heterocycles. The van der Waals surface area contributed by atoms with Gasteiger partial charge in [0.05, 0.1) is 43.2 Å². The molecule has 37 heavy (non-hydrogen) atoms. The van der Waals surface area contributed by atoms with Crippen LogP contribution in [-0.4, -0.2) is 43.1 Å². The highest BCUT2D eigenvalue weighted by molar-refractivity contribution is 7.22. The molecule has 1 fully saturated rings. The van der Waals surface area contributed by atoms with Crippen LogP contribution in [0.4, 0.5) is 5.13 Å². The van der Waals surface area contributed by atoms with Crippen molar-refractivity contribution in [3.63, 3.8) is 0 Å². The Hall–Kier alpha value is -4.37. The van der Waals surface area contributed by atoms with Gasteiger partial charge in [0.15, 0.2) is 16.6 Å². The second-order valence-electron chi connectivity index (χ2n) is 8.48. The number of hydrogen-bond acceptors (Lipinski definition) is 8. The van der Waals surface area contributed by atoms with E-state index in [1.165, 1.54) is 37.6 Å². The predicted molar refractivity (Wildman–Crippen MR) is 142 cm³/mol. The van der Waals surface area contributed by atoms with Crippen molar-refractivity contribution in [3.8, 4) is 17.2 Å². The number of carbonyl (C=O) groups excluding carboxylic acids is 2. The number of benzene rings is 3. The lowest BCUT2D eigenvalue weighted by molar-refractivity contribution is -0.132. The Kier molecular flexibility index (Phi) is 6.31. The average molecular weight is 517 g/mol. The number of nitrogens with zero attached hydrogens (tertiary/aromatic N) is 2. The summed E-state index contributed by atoms with van der Waals surface area (Å²) in [7, 11) is 4.57. The topological polar surface area (TPSA) is 98.2 Å². The van der Waals surface area contributed by atoms with Crippen LogP contribution in [0.1, 0.15) is 22.7 Å². The number of fused-ring (bicyclic) bond motifs is 1. The summed E-state index contributed by atoms with van der Waals surface area (Å²) in [4.78, 5) is 32.9. The number of aliphatic hydroxyl groups excluding tert-OH is 1. The third-order valence-corrected chi connectivity index (χ3v) is 7.29. The number of aromatic nitrogens is 1. The molecular formula is C28H24N2O6S. The van der Waals surface area contributed by atoms with E-state index in [2.05, 4.69) is 4.98 Å². The van der Waals surface area contributed by atoms with Crippen LogP contribution in [0.25, 0.3) is 16.0 Å². The Morgan fingerprint density at radius 3 is 2.32 bits per heavy atom. The fraction of sp³-hybridized carbons (Fsp3) is 0.179. The van der Waals surface area contributed by atoms with Crippen LogP contribution in [0.5, 0.6) is 17.2 Å². The van der Waals surface area contributed by atoms with Gasteiger partial charge in [0, 0.05) is 5.56 Å². The number of hydrogen-bond donors (Lipinski definition) is 1. The molecule has 188 valence electrons. The lowest BCUT2D eigenvalue weighted by atomic mass is 9.95. The van der Waals surface area contributed by atoms with Crippen molar-refractivity contribution >= 4 is 44.1 Å². The molecule has 0 spiro atoms. The number of anilines is 1. The molecule has 0 saturated carbocycles. The molecule has 0 bridgehead atoms. The minimum atomic E-state index is -0.941. The van der Waals surface area contributed by atoms with Crippen molar-refractivity contribution in [3.05, 3.63) is 82.9 Å². The van der Waals surface area contributed by atoms with Crippen LogP contribution < -0.4 is 19.1 Å². The van der Waals surface area contributed by atoms with E-state index in [1.54, 1.807) is 42.5 Å². The number of aryl methyl sites for hydroxylation is 1. The first-order valence-electron chi connectivity index (χ1n) is 11.4. The first-order chi connectivity index (χ1) is 17.9. The van der Waals surface area contributed by atoms with Crippen LogP contribution in [-0.2, 0) is 9.59 Å². The number of ketones is 1. The lowest BCUT2D eigenvalue weighted by Crippen LogP contribution is -2.29. The molecule has 3 aromatic carbocycles. The van der Waals surface area contributed by atoms with Gasteiger partial charge in [0.1, 0.15) is 11.5 Å². The van der Waals surface area contributed by atoms with E-state index in [4.69, 9.17) is 14.2 Å². The predicted octanol–water partition coefficient (Wildman–Crippen LogP) is 5.26. The fourth-order valence-electron chi connectivity index (χ4n) is 4.40. The summed E-state index contributed by atoms with van der Waals surface area (Å²) in [5.74, 6) is -0.351. The maximum absolute atomic E-state index is 13.5. The molecule has 1 amide bonds. The smallest absolute Gasteiger partial charge is 0.301 e. The quantitative estimate of drug-likeness (QED) is 0.212. The highest BCUT2D eigenvalue weighted by atomic mass is 32.1. The summed E-state index contributed by atoms with van der Waals surface area (Å²) >= 11 is 1.31. The van der Waals surface area contributed by atoms with E-state index in [0.29, 0.717) is 39.0 Å². The Bertz CT molecular complexity index is 1560. The van der Waals surface area contributed by atoms with Crippen LogP contribution in [0.15, 0.2) is 66.2 Å². The average Bonchev–Trinajstić information content (AvgIpc) is 3.45. The Labute approximate surface area is 217 Å². The van der Waals surface area contributed by atoms with Crippen LogP contribution in [0.2, 0.25) is 0 Å². The molecule has 1 aromatic heterocycles. The zero-order valence-electron chi connectivity index (χ0n) is 20.6. The molecule has 8 nitrogen and oxygen atoms in total. The number of methoxy groups -OCH3 is 3. The van der Waals surface area contributed by atoms with Gasteiger partial charge in [0.25, 0.3) is 5.78 Å². The molecule has 1 aliphatic heterocycles. The van der Waals surface area contributed by atoms with E-state index < -0.39 is 17.7 Å². The molecule has 1 unspecified atom stereocenters. The summed E-state index contributed by atoms with van der Waals surface area (Å²) in [6.07, 6.45) is 0. The molecule has 1 N–H and O–H groups in total. The van der Waals surface area contributed by atoms with Gasteiger partial charge in [-0.1, -0.05) is 23.5 Å². The molecule has 1 atom stereocenters. The number of rotatable bonds is 6. The molecule has 4 aromatic rings. The van der Waals surface area contributed by atoms with Gasteiger partial charge in [-0.05, 0) is 66.6 Å². The summed E-state index contributed by atoms with van der Waals surface area (Å²) in [6, 6.07) is 16.6. The summed E-state index contributed by atoms with van der Waals surface area (Å²) in [5, 5.41) is 11.7. The highest BCUT2D eigenvalue weighted by Crippen LogP contribution is 2.46. The highest BCUT2D eigenvalue weighted by Gasteiger charge is 2.48. The van der Waals surface area contributed by atoms with E-state index in [1.807, 2.05) is 25.1 Å². The molecule has 5 rings (SSSR count). The first-order valence-corrected chi connectivity index (χ1v) is 12.2.